The molecule has 3 fully saturated rings. The normalized spacial score (nSPS) is 41.7. The summed E-state index contributed by atoms with van der Waals surface area (Å²) in [4.78, 5) is 0. The number of hydrogen-bond acceptors (Lipinski definition) is 0. The van der Waals surface area contributed by atoms with Gasteiger partial charge in [0.15, 0.2) is 0 Å². The van der Waals surface area contributed by atoms with Crippen molar-refractivity contribution in [3.05, 3.63) is 0 Å². The molecule has 0 aromatic carbocycles. The molecule has 3 rings (SSSR count). The van der Waals surface area contributed by atoms with Crippen LogP contribution < -0.4 is 0 Å². The molecule has 0 heteroatoms. The van der Waals surface area contributed by atoms with Crippen LogP contribution in [0, 0.1) is 35.5 Å². The summed E-state index contributed by atoms with van der Waals surface area (Å²) in [5, 5.41) is 0. The minimum Gasteiger partial charge on any atom is -0.0622 e. The van der Waals surface area contributed by atoms with Gasteiger partial charge in [-0.2, -0.15) is 0 Å². The molecule has 3 aliphatic rings. The average molecular weight is 277 g/mol. The molecule has 0 spiro atoms. The maximum Gasteiger partial charge on any atom is -0.0357 e. The Balaban J connectivity index is 1.59. The fourth-order valence-electron chi connectivity index (χ4n) is 6.11. The van der Waals surface area contributed by atoms with Crippen molar-refractivity contribution in [2.24, 2.45) is 35.5 Å². The minimum absolute atomic E-state index is 1.02. The maximum absolute atomic E-state index is 2.60. The highest BCUT2D eigenvalue weighted by molar-refractivity contribution is 4.89. The van der Waals surface area contributed by atoms with Gasteiger partial charge in [-0.05, 0) is 48.3 Å². The Morgan fingerprint density at radius 1 is 0.500 bits per heavy atom. The van der Waals surface area contributed by atoms with E-state index in [0.717, 1.165) is 35.5 Å². The molecule has 0 aliphatic heterocycles. The highest BCUT2D eigenvalue weighted by Crippen LogP contribution is 2.49. The molecule has 0 N–H and O–H groups in total. The van der Waals surface area contributed by atoms with E-state index in [0.29, 0.717) is 0 Å². The van der Waals surface area contributed by atoms with Gasteiger partial charge in [-0.1, -0.05) is 78.1 Å². The summed E-state index contributed by atoms with van der Waals surface area (Å²) in [6.07, 6.45) is 18.4. The van der Waals surface area contributed by atoms with Crippen LogP contribution in [0.25, 0.3) is 0 Å². The first-order valence-corrected chi connectivity index (χ1v) is 9.75. The van der Waals surface area contributed by atoms with Gasteiger partial charge in [0.1, 0.15) is 0 Å². The Kier molecular flexibility index (Phi) is 5.10. The summed E-state index contributed by atoms with van der Waals surface area (Å²) in [5.74, 6) is 6.36. The van der Waals surface area contributed by atoms with Crippen LogP contribution in [0.4, 0.5) is 0 Å². The van der Waals surface area contributed by atoms with E-state index >= 15 is 0 Å². The van der Waals surface area contributed by atoms with Crippen LogP contribution in [0.5, 0.6) is 0 Å². The van der Waals surface area contributed by atoms with Gasteiger partial charge in [0.2, 0.25) is 0 Å². The quantitative estimate of drug-likeness (QED) is 0.544. The Morgan fingerprint density at radius 3 is 1.20 bits per heavy atom. The van der Waals surface area contributed by atoms with Gasteiger partial charge >= 0.3 is 0 Å². The van der Waals surface area contributed by atoms with Crippen molar-refractivity contribution in [1.29, 1.82) is 0 Å². The maximum atomic E-state index is 2.60. The van der Waals surface area contributed by atoms with E-state index in [1.165, 1.54) is 38.5 Å². The predicted octanol–water partition coefficient (Wildman–Crippen LogP) is 6.45. The first-order chi connectivity index (χ1) is 9.75. The van der Waals surface area contributed by atoms with Crippen molar-refractivity contribution < 1.29 is 0 Å². The van der Waals surface area contributed by atoms with Crippen LogP contribution in [-0.2, 0) is 0 Å². The molecule has 4 unspecified atom stereocenters. The predicted molar refractivity (Wildman–Crippen MR) is 87.7 cm³/mol. The summed E-state index contributed by atoms with van der Waals surface area (Å²) >= 11 is 0. The van der Waals surface area contributed by atoms with Crippen LogP contribution >= 0.6 is 0 Å². The smallest absolute Gasteiger partial charge is 0.0357 e. The lowest BCUT2D eigenvalue weighted by Gasteiger charge is -2.46. The Hall–Kier alpha value is 0. The molecule has 0 aromatic rings. The van der Waals surface area contributed by atoms with Crippen molar-refractivity contribution in [1.82, 2.24) is 0 Å². The zero-order valence-corrected chi connectivity index (χ0v) is 13.9. The fraction of sp³-hybridized carbons (Fsp3) is 1.00. The second kappa shape index (κ2) is 6.84. The summed E-state index contributed by atoms with van der Waals surface area (Å²) in [6, 6.07) is 0. The monoisotopic (exact) mass is 276 g/mol. The van der Waals surface area contributed by atoms with E-state index in [9.17, 15) is 0 Å². The lowest BCUT2D eigenvalue weighted by atomic mass is 9.59. The van der Waals surface area contributed by atoms with Crippen LogP contribution in [0.15, 0.2) is 0 Å². The zero-order valence-electron chi connectivity index (χ0n) is 13.9. The lowest BCUT2D eigenvalue weighted by molar-refractivity contribution is 0.0349. The fourth-order valence-corrected chi connectivity index (χ4v) is 6.11. The molecule has 3 aliphatic carbocycles. The van der Waals surface area contributed by atoms with E-state index in [4.69, 9.17) is 0 Å². The van der Waals surface area contributed by atoms with Gasteiger partial charge in [-0.25, -0.2) is 0 Å². The molecule has 4 atom stereocenters. The molecule has 3 saturated carbocycles. The van der Waals surface area contributed by atoms with E-state index in [1.807, 2.05) is 0 Å². The summed E-state index contributed by atoms with van der Waals surface area (Å²) < 4.78 is 0. The van der Waals surface area contributed by atoms with E-state index in [-0.39, 0.29) is 0 Å². The molecular formula is C20H36. The largest absolute Gasteiger partial charge is 0.0622 e. The summed E-state index contributed by atoms with van der Waals surface area (Å²) in [5.41, 5.74) is 0. The molecule has 116 valence electrons. The SMILES string of the molecule is CC1CC(C2CCCCC2)C(C)CC1C1CCCCC1. The second-order valence-corrected chi connectivity index (χ2v) is 8.55. The van der Waals surface area contributed by atoms with Crippen LogP contribution in [0.1, 0.15) is 90.9 Å². The highest BCUT2D eigenvalue weighted by atomic mass is 14.4. The molecular weight excluding hydrogens is 240 g/mol. The van der Waals surface area contributed by atoms with Gasteiger partial charge in [0.25, 0.3) is 0 Å². The van der Waals surface area contributed by atoms with Gasteiger partial charge in [-0.3, -0.25) is 0 Å². The van der Waals surface area contributed by atoms with Crippen LogP contribution in [0.2, 0.25) is 0 Å². The van der Waals surface area contributed by atoms with Crippen molar-refractivity contribution in [2.45, 2.75) is 90.9 Å². The van der Waals surface area contributed by atoms with Gasteiger partial charge in [-0.15, -0.1) is 0 Å². The Labute approximate surface area is 127 Å². The van der Waals surface area contributed by atoms with E-state index in [2.05, 4.69) is 13.8 Å². The first kappa shape index (κ1) is 14.9. The molecule has 0 amide bonds. The third-order valence-electron chi connectivity index (χ3n) is 7.26. The Bertz CT molecular complexity index is 252. The third-order valence-corrected chi connectivity index (χ3v) is 7.26. The molecule has 0 radical (unpaired) electrons. The highest BCUT2D eigenvalue weighted by Gasteiger charge is 2.39. The summed E-state index contributed by atoms with van der Waals surface area (Å²) in [7, 11) is 0. The standard InChI is InChI=1S/C20H36/c1-15-13-20(18-11-7-4-8-12-18)16(2)14-19(15)17-9-5-3-6-10-17/h15-20H,3-14H2,1-2H3. The second-order valence-electron chi connectivity index (χ2n) is 8.55. The van der Waals surface area contributed by atoms with Crippen LogP contribution in [-0.4, -0.2) is 0 Å². The Morgan fingerprint density at radius 2 is 0.850 bits per heavy atom. The first-order valence-electron chi connectivity index (χ1n) is 9.75. The third kappa shape index (κ3) is 3.25. The topological polar surface area (TPSA) is 0 Å². The van der Waals surface area contributed by atoms with Crippen molar-refractivity contribution >= 4 is 0 Å². The van der Waals surface area contributed by atoms with Crippen molar-refractivity contribution in [2.75, 3.05) is 0 Å². The molecule has 0 bridgehead atoms. The van der Waals surface area contributed by atoms with Crippen molar-refractivity contribution in [3.63, 3.8) is 0 Å². The summed E-state index contributed by atoms with van der Waals surface area (Å²) in [6.45, 7) is 5.20. The van der Waals surface area contributed by atoms with Gasteiger partial charge in [0.05, 0.1) is 0 Å². The average Bonchev–Trinajstić information content (AvgIpc) is 2.51. The van der Waals surface area contributed by atoms with Crippen LogP contribution in [0.3, 0.4) is 0 Å². The number of hydrogen-bond donors (Lipinski definition) is 0. The van der Waals surface area contributed by atoms with Gasteiger partial charge in [0, 0.05) is 0 Å². The zero-order chi connectivity index (χ0) is 13.9. The lowest BCUT2D eigenvalue weighted by Crippen LogP contribution is -2.37. The molecule has 0 nitrogen and oxygen atoms in total. The van der Waals surface area contributed by atoms with Crippen molar-refractivity contribution in [3.8, 4) is 0 Å². The molecule has 0 aromatic heterocycles. The number of rotatable bonds is 2. The molecule has 0 heterocycles. The van der Waals surface area contributed by atoms with E-state index < -0.39 is 0 Å². The molecule has 20 heavy (non-hydrogen) atoms. The molecule has 0 saturated heterocycles. The van der Waals surface area contributed by atoms with E-state index in [1.54, 1.807) is 38.5 Å². The van der Waals surface area contributed by atoms with Gasteiger partial charge < -0.3 is 0 Å². The minimum atomic E-state index is 1.02.